The van der Waals surface area contributed by atoms with Crippen LogP contribution in [0.15, 0.2) is 18.2 Å². The van der Waals surface area contributed by atoms with Gasteiger partial charge in [0.2, 0.25) is 0 Å². The van der Waals surface area contributed by atoms with E-state index >= 15 is 0 Å². The Morgan fingerprint density at radius 1 is 1.61 bits per heavy atom. The molecule has 0 bridgehead atoms. The van der Waals surface area contributed by atoms with Gasteiger partial charge in [-0.2, -0.15) is 0 Å². The molecule has 0 radical (unpaired) electrons. The number of aliphatic carboxylic acids is 1. The van der Waals surface area contributed by atoms with Crippen LogP contribution in [-0.4, -0.2) is 39.8 Å². The van der Waals surface area contributed by atoms with Crippen molar-refractivity contribution in [2.45, 2.75) is 25.5 Å². The average Bonchev–Trinajstić information content (AvgIpc) is 2.83. The van der Waals surface area contributed by atoms with Crippen LogP contribution < -0.4 is 0 Å². The molecule has 0 amide bonds. The monoisotopic (exact) mass is 267 g/mol. The summed E-state index contributed by atoms with van der Waals surface area (Å²) in [6.07, 6.45) is 3.57. The average molecular weight is 267 g/mol. The van der Waals surface area contributed by atoms with Crippen LogP contribution >= 0.6 is 11.3 Å². The number of carboxylic acid groups (broad SMARTS) is 1. The maximum absolute atomic E-state index is 10.4. The summed E-state index contributed by atoms with van der Waals surface area (Å²) in [5.41, 5.74) is -0.566. The van der Waals surface area contributed by atoms with E-state index in [2.05, 4.69) is 4.90 Å². The predicted octanol–water partition coefficient (Wildman–Crippen LogP) is 1.80. The molecule has 1 aromatic rings. The van der Waals surface area contributed by atoms with Crippen LogP contribution in [0.2, 0.25) is 0 Å². The van der Waals surface area contributed by atoms with E-state index in [1.165, 1.54) is 4.88 Å². The van der Waals surface area contributed by atoms with Gasteiger partial charge in [0.15, 0.2) is 0 Å². The molecule has 5 heteroatoms. The van der Waals surface area contributed by atoms with Gasteiger partial charge in [-0.3, -0.25) is 4.90 Å². The summed E-state index contributed by atoms with van der Waals surface area (Å²) in [5.74, 6) is -0.930. The van der Waals surface area contributed by atoms with Gasteiger partial charge in [0.05, 0.1) is 5.60 Å². The first-order valence-electron chi connectivity index (χ1n) is 5.89. The molecular weight excluding hydrogens is 250 g/mol. The van der Waals surface area contributed by atoms with Crippen LogP contribution in [-0.2, 0) is 11.3 Å². The van der Waals surface area contributed by atoms with E-state index in [-0.39, 0.29) is 0 Å². The van der Waals surface area contributed by atoms with Gasteiger partial charge in [-0.15, -0.1) is 11.3 Å². The molecule has 1 aliphatic heterocycles. The van der Waals surface area contributed by atoms with Crippen LogP contribution in [0.4, 0.5) is 0 Å². The van der Waals surface area contributed by atoms with Crippen LogP contribution in [0.25, 0.3) is 6.08 Å². The van der Waals surface area contributed by atoms with Crippen molar-refractivity contribution in [3.8, 4) is 0 Å². The Morgan fingerprint density at radius 3 is 3.00 bits per heavy atom. The third-order valence-corrected chi connectivity index (χ3v) is 4.02. The molecule has 1 atom stereocenters. The Balaban J connectivity index is 1.93. The first kappa shape index (κ1) is 13.3. The van der Waals surface area contributed by atoms with E-state index in [4.69, 9.17) is 5.11 Å². The highest BCUT2D eigenvalue weighted by Crippen LogP contribution is 2.25. The zero-order valence-corrected chi connectivity index (χ0v) is 11.1. The maximum Gasteiger partial charge on any atom is 0.328 e. The number of hydrogen-bond acceptors (Lipinski definition) is 4. The molecule has 2 rings (SSSR count). The van der Waals surface area contributed by atoms with Crippen molar-refractivity contribution in [2.75, 3.05) is 13.1 Å². The van der Waals surface area contributed by atoms with Crippen molar-refractivity contribution in [3.63, 3.8) is 0 Å². The fourth-order valence-corrected chi connectivity index (χ4v) is 3.07. The van der Waals surface area contributed by atoms with Crippen molar-refractivity contribution in [1.82, 2.24) is 4.90 Å². The first-order chi connectivity index (χ1) is 8.44. The third-order valence-electron chi connectivity index (χ3n) is 2.98. The summed E-state index contributed by atoms with van der Waals surface area (Å²) in [6.45, 7) is 4.29. The highest BCUT2D eigenvalue weighted by molar-refractivity contribution is 7.12. The Morgan fingerprint density at radius 2 is 2.39 bits per heavy atom. The predicted molar refractivity (Wildman–Crippen MR) is 71.5 cm³/mol. The summed E-state index contributed by atoms with van der Waals surface area (Å²) in [7, 11) is 0. The minimum absolute atomic E-state index is 0.566. The van der Waals surface area contributed by atoms with E-state index in [0.717, 1.165) is 30.5 Å². The molecule has 98 valence electrons. The molecule has 1 saturated heterocycles. The van der Waals surface area contributed by atoms with Crippen LogP contribution in [0.1, 0.15) is 23.1 Å². The maximum atomic E-state index is 10.4. The summed E-state index contributed by atoms with van der Waals surface area (Å²) in [5, 5.41) is 18.4. The van der Waals surface area contributed by atoms with Gasteiger partial charge in [0.1, 0.15) is 0 Å². The Labute approximate surface area is 110 Å². The molecule has 2 heterocycles. The lowest BCUT2D eigenvalue weighted by Crippen LogP contribution is -2.29. The van der Waals surface area contributed by atoms with E-state index in [9.17, 15) is 9.90 Å². The zero-order valence-electron chi connectivity index (χ0n) is 10.3. The number of carbonyl (C=O) groups is 1. The molecule has 0 aliphatic carbocycles. The number of likely N-dealkylation sites (tertiary alicyclic amines) is 1. The highest BCUT2D eigenvalue weighted by Gasteiger charge is 2.31. The van der Waals surface area contributed by atoms with Gasteiger partial charge >= 0.3 is 5.97 Å². The van der Waals surface area contributed by atoms with Crippen molar-refractivity contribution in [2.24, 2.45) is 0 Å². The van der Waals surface area contributed by atoms with E-state index in [0.29, 0.717) is 6.54 Å². The molecule has 1 fully saturated rings. The molecule has 2 N–H and O–H groups in total. The van der Waals surface area contributed by atoms with Crippen molar-refractivity contribution in [3.05, 3.63) is 28.0 Å². The first-order valence-corrected chi connectivity index (χ1v) is 6.71. The van der Waals surface area contributed by atoms with Crippen molar-refractivity contribution in [1.29, 1.82) is 0 Å². The number of nitrogens with zero attached hydrogens (tertiary/aromatic N) is 1. The minimum Gasteiger partial charge on any atom is -0.478 e. The molecule has 1 unspecified atom stereocenters. The van der Waals surface area contributed by atoms with Gasteiger partial charge in [0, 0.05) is 35.5 Å². The van der Waals surface area contributed by atoms with Gasteiger partial charge in [0.25, 0.3) is 0 Å². The highest BCUT2D eigenvalue weighted by atomic mass is 32.1. The molecular formula is C13H17NO3S. The summed E-state index contributed by atoms with van der Waals surface area (Å²) in [4.78, 5) is 14.8. The van der Waals surface area contributed by atoms with E-state index in [1.54, 1.807) is 17.4 Å². The second-order valence-electron chi connectivity index (χ2n) is 4.93. The standard InChI is InChI=1S/C13H17NO3S/c1-13(17)6-7-14(9-13)8-11-3-2-10(18-11)4-5-12(15)16/h2-5,17H,6-9H2,1H3,(H,15,16)/b5-4+. The zero-order chi connectivity index (χ0) is 13.2. The number of aliphatic hydroxyl groups is 1. The number of carboxylic acids is 1. The normalized spacial score (nSPS) is 25.0. The van der Waals surface area contributed by atoms with Gasteiger partial charge in [-0.25, -0.2) is 4.79 Å². The smallest absolute Gasteiger partial charge is 0.328 e. The van der Waals surface area contributed by atoms with Crippen LogP contribution in [0.3, 0.4) is 0 Å². The van der Waals surface area contributed by atoms with Gasteiger partial charge < -0.3 is 10.2 Å². The lowest BCUT2D eigenvalue weighted by Gasteiger charge is -2.17. The van der Waals surface area contributed by atoms with Crippen molar-refractivity contribution < 1.29 is 15.0 Å². The molecule has 1 aromatic heterocycles. The number of β-amino-alcohol motifs (C(OH)–C–C–N with tert-alkyl or cyclic N) is 1. The van der Waals surface area contributed by atoms with Gasteiger partial charge in [-0.1, -0.05) is 0 Å². The molecule has 4 nitrogen and oxygen atoms in total. The fourth-order valence-electron chi connectivity index (χ4n) is 2.12. The van der Waals surface area contributed by atoms with Crippen molar-refractivity contribution >= 4 is 23.4 Å². The summed E-state index contributed by atoms with van der Waals surface area (Å²) >= 11 is 1.59. The quantitative estimate of drug-likeness (QED) is 0.817. The molecule has 0 aromatic carbocycles. The SMILES string of the molecule is CC1(O)CCN(Cc2ccc(/C=C/C(=O)O)s2)C1. The molecule has 0 spiro atoms. The molecule has 0 saturated carbocycles. The van der Waals surface area contributed by atoms with E-state index < -0.39 is 11.6 Å². The van der Waals surface area contributed by atoms with Crippen LogP contribution in [0.5, 0.6) is 0 Å². The second-order valence-corrected chi connectivity index (χ2v) is 6.13. The summed E-state index contributed by atoms with van der Waals surface area (Å²) in [6, 6.07) is 3.94. The number of thiophene rings is 1. The summed E-state index contributed by atoms with van der Waals surface area (Å²) < 4.78 is 0. The number of hydrogen-bond donors (Lipinski definition) is 2. The Bertz CT molecular complexity index is 465. The number of rotatable bonds is 4. The fraction of sp³-hybridized carbons (Fsp3) is 0.462. The lowest BCUT2D eigenvalue weighted by atomic mass is 10.1. The van der Waals surface area contributed by atoms with Gasteiger partial charge in [-0.05, 0) is 31.6 Å². The van der Waals surface area contributed by atoms with Crippen LogP contribution in [0, 0.1) is 0 Å². The molecule has 1 aliphatic rings. The second kappa shape index (κ2) is 5.22. The topological polar surface area (TPSA) is 60.8 Å². The Kier molecular flexibility index (Phi) is 3.85. The minimum atomic E-state index is -0.930. The lowest BCUT2D eigenvalue weighted by molar-refractivity contribution is -0.131. The Hall–Kier alpha value is -1.17. The third kappa shape index (κ3) is 3.66. The largest absolute Gasteiger partial charge is 0.478 e. The molecule has 18 heavy (non-hydrogen) atoms. The van der Waals surface area contributed by atoms with E-state index in [1.807, 2.05) is 19.1 Å².